The van der Waals surface area contributed by atoms with E-state index < -0.39 is 5.54 Å². The van der Waals surface area contributed by atoms with Crippen molar-refractivity contribution in [1.82, 2.24) is 4.90 Å². The Morgan fingerprint density at radius 1 is 1.53 bits per heavy atom. The fourth-order valence-electron chi connectivity index (χ4n) is 2.63. The van der Waals surface area contributed by atoms with Crippen LogP contribution in [0.15, 0.2) is 0 Å². The third kappa shape index (κ3) is 3.01. The van der Waals surface area contributed by atoms with Crippen LogP contribution in [0.4, 0.5) is 0 Å². The van der Waals surface area contributed by atoms with Gasteiger partial charge in [0, 0.05) is 12.6 Å². The third-order valence-corrected chi connectivity index (χ3v) is 4.54. The Bertz CT molecular complexity index is 288. The summed E-state index contributed by atoms with van der Waals surface area (Å²) in [7, 11) is 1.89. The smallest absolute Gasteiger partial charge is 0.242 e. The van der Waals surface area contributed by atoms with E-state index in [4.69, 9.17) is 5.73 Å². The number of nitrogens with zero attached hydrogens (tertiary/aromatic N) is 1. The van der Waals surface area contributed by atoms with E-state index >= 15 is 0 Å². The summed E-state index contributed by atoms with van der Waals surface area (Å²) in [6.07, 6.45) is 4.88. The highest BCUT2D eigenvalue weighted by atomic mass is 16.2. The molecule has 1 rings (SSSR count). The van der Waals surface area contributed by atoms with E-state index in [2.05, 4.69) is 27.7 Å². The fraction of sp³-hybridized carbons (Fsp3) is 0.929. The van der Waals surface area contributed by atoms with Gasteiger partial charge in [0.15, 0.2) is 0 Å². The van der Waals surface area contributed by atoms with Crippen molar-refractivity contribution < 1.29 is 4.79 Å². The maximum absolute atomic E-state index is 12.6. The number of nitrogens with two attached hydrogens (primary N) is 1. The lowest BCUT2D eigenvalue weighted by Crippen LogP contribution is -2.60. The van der Waals surface area contributed by atoms with E-state index in [1.165, 1.54) is 6.42 Å². The first-order valence-corrected chi connectivity index (χ1v) is 6.80. The largest absolute Gasteiger partial charge is 0.339 e. The van der Waals surface area contributed by atoms with Crippen molar-refractivity contribution in [2.24, 2.45) is 11.7 Å². The molecule has 0 aliphatic heterocycles. The first kappa shape index (κ1) is 14.5. The summed E-state index contributed by atoms with van der Waals surface area (Å²) < 4.78 is 0. The van der Waals surface area contributed by atoms with Crippen LogP contribution in [-0.4, -0.2) is 28.9 Å². The highest BCUT2D eigenvalue weighted by molar-refractivity contribution is 5.86. The van der Waals surface area contributed by atoms with Crippen LogP contribution >= 0.6 is 0 Å². The van der Waals surface area contributed by atoms with Gasteiger partial charge in [0.05, 0.1) is 5.54 Å². The minimum absolute atomic E-state index is 0.107. The molecular weight excluding hydrogens is 212 g/mol. The molecule has 2 atom stereocenters. The highest BCUT2D eigenvalue weighted by Gasteiger charge is 2.42. The molecule has 0 aromatic carbocycles. The Hall–Kier alpha value is -0.570. The van der Waals surface area contributed by atoms with Gasteiger partial charge in [-0.3, -0.25) is 4.79 Å². The number of rotatable bonds is 3. The van der Waals surface area contributed by atoms with Gasteiger partial charge in [-0.15, -0.1) is 0 Å². The maximum atomic E-state index is 12.6. The predicted octanol–water partition coefficient (Wildman–Crippen LogP) is 2.54. The Balaban J connectivity index is 2.81. The van der Waals surface area contributed by atoms with Gasteiger partial charge < -0.3 is 10.6 Å². The molecule has 2 unspecified atom stereocenters. The second-order valence-corrected chi connectivity index (χ2v) is 6.39. The quantitative estimate of drug-likeness (QED) is 0.824. The van der Waals surface area contributed by atoms with E-state index in [-0.39, 0.29) is 11.4 Å². The molecule has 0 spiro atoms. The average Bonchev–Trinajstić information content (AvgIpc) is 2.26. The van der Waals surface area contributed by atoms with E-state index in [1.54, 1.807) is 0 Å². The average molecular weight is 240 g/mol. The Morgan fingerprint density at radius 2 is 2.12 bits per heavy atom. The van der Waals surface area contributed by atoms with E-state index in [9.17, 15) is 4.79 Å². The highest BCUT2D eigenvalue weighted by Crippen LogP contribution is 2.33. The SMILES string of the molecule is CCC(C)(C)N(C)C(=O)C1(N)CCCC(C)C1. The molecule has 2 N–H and O–H groups in total. The molecule has 100 valence electrons. The van der Waals surface area contributed by atoms with E-state index in [0.29, 0.717) is 5.92 Å². The normalized spacial score (nSPS) is 30.1. The zero-order valence-electron chi connectivity index (χ0n) is 12.0. The standard InChI is InChI=1S/C14H28N2O/c1-6-13(3,4)16(5)12(17)14(15)9-7-8-11(2)10-14/h11H,6-10,15H2,1-5H3. The Labute approximate surface area is 106 Å². The molecule has 0 radical (unpaired) electrons. The van der Waals surface area contributed by atoms with Crippen LogP contribution in [0, 0.1) is 5.92 Å². The molecule has 0 aromatic heterocycles. The monoisotopic (exact) mass is 240 g/mol. The molecule has 1 fully saturated rings. The fourth-order valence-corrected chi connectivity index (χ4v) is 2.63. The van der Waals surface area contributed by atoms with Gasteiger partial charge in [-0.25, -0.2) is 0 Å². The van der Waals surface area contributed by atoms with Crippen LogP contribution in [-0.2, 0) is 4.79 Å². The minimum Gasteiger partial charge on any atom is -0.339 e. The molecule has 0 aromatic rings. The van der Waals surface area contributed by atoms with Crippen molar-refractivity contribution in [3.05, 3.63) is 0 Å². The van der Waals surface area contributed by atoms with Gasteiger partial charge in [-0.05, 0) is 39.0 Å². The molecule has 0 saturated heterocycles. The van der Waals surface area contributed by atoms with Crippen molar-refractivity contribution in [3.63, 3.8) is 0 Å². The van der Waals surface area contributed by atoms with Crippen molar-refractivity contribution >= 4 is 5.91 Å². The third-order valence-electron chi connectivity index (χ3n) is 4.54. The van der Waals surface area contributed by atoms with Crippen LogP contribution in [0.3, 0.4) is 0 Å². The molecule has 17 heavy (non-hydrogen) atoms. The number of amides is 1. The summed E-state index contributed by atoms with van der Waals surface area (Å²) in [5.41, 5.74) is 5.62. The lowest BCUT2D eigenvalue weighted by molar-refractivity contribution is -0.142. The van der Waals surface area contributed by atoms with Gasteiger partial charge in [0.2, 0.25) is 5.91 Å². The Kier molecular flexibility index (Phi) is 4.23. The molecule has 1 amide bonds. The molecule has 1 saturated carbocycles. The molecule has 1 aliphatic carbocycles. The van der Waals surface area contributed by atoms with Gasteiger partial charge in [-0.1, -0.05) is 26.7 Å². The molecule has 0 heterocycles. The van der Waals surface area contributed by atoms with Gasteiger partial charge in [-0.2, -0.15) is 0 Å². The molecule has 0 bridgehead atoms. The zero-order valence-corrected chi connectivity index (χ0v) is 12.0. The summed E-state index contributed by atoms with van der Waals surface area (Å²) in [6.45, 7) is 8.50. The molecule has 1 aliphatic rings. The van der Waals surface area contributed by atoms with Crippen molar-refractivity contribution in [1.29, 1.82) is 0 Å². The second-order valence-electron chi connectivity index (χ2n) is 6.39. The number of carbonyl (C=O) groups excluding carboxylic acids is 1. The lowest BCUT2D eigenvalue weighted by atomic mass is 9.75. The van der Waals surface area contributed by atoms with Crippen LogP contribution in [0.25, 0.3) is 0 Å². The summed E-state index contributed by atoms with van der Waals surface area (Å²) >= 11 is 0. The first-order chi connectivity index (χ1) is 7.73. The number of carbonyl (C=O) groups is 1. The number of hydrogen-bond acceptors (Lipinski definition) is 2. The summed E-state index contributed by atoms with van der Waals surface area (Å²) in [6, 6.07) is 0. The van der Waals surface area contributed by atoms with Crippen LogP contribution < -0.4 is 5.73 Å². The minimum atomic E-state index is -0.626. The van der Waals surface area contributed by atoms with Crippen molar-refractivity contribution in [2.75, 3.05) is 7.05 Å². The predicted molar refractivity (Wildman–Crippen MR) is 71.7 cm³/mol. The lowest BCUT2D eigenvalue weighted by Gasteiger charge is -2.43. The molecular formula is C14H28N2O. The maximum Gasteiger partial charge on any atom is 0.242 e. The number of likely N-dealkylation sites (N-methyl/N-ethyl adjacent to an activating group) is 1. The molecule has 3 nitrogen and oxygen atoms in total. The summed E-state index contributed by atoms with van der Waals surface area (Å²) in [5, 5.41) is 0. The van der Waals surface area contributed by atoms with Crippen molar-refractivity contribution in [2.45, 2.75) is 70.9 Å². The summed E-state index contributed by atoms with van der Waals surface area (Å²) in [4.78, 5) is 14.4. The summed E-state index contributed by atoms with van der Waals surface area (Å²) in [5.74, 6) is 0.687. The van der Waals surface area contributed by atoms with Crippen LogP contribution in [0.5, 0.6) is 0 Å². The van der Waals surface area contributed by atoms with E-state index in [0.717, 1.165) is 25.7 Å². The van der Waals surface area contributed by atoms with Crippen LogP contribution in [0.2, 0.25) is 0 Å². The second kappa shape index (κ2) is 4.97. The van der Waals surface area contributed by atoms with E-state index in [1.807, 2.05) is 11.9 Å². The molecule has 3 heteroatoms. The zero-order chi connectivity index (χ0) is 13.3. The Morgan fingerprint density at radius 3 is 2.59 bits per heavy atom. The van der Waals surface area contributed by atoms with Gasteiger partial charge >= 0.3 is 0 Å². The van der Waals surface area contributed by atoms with Crippen molar-refractivity contribution in [3.8, 4) is 0 Å². The topological polar surface area (TPSA) is 46.3 Å². The van der Waals surface area contributed by atoms with Gasteiger partial charge in [0.1, 0.15) is 0 Å². The van der Waals surface area contributed by atoms with Crippen LogP contribution in [0.1, 0.15) is 59.8 Å². The number of hydrogen-bond donors (Lipinski definition) is 1. The van der Waals surface area contributed by atoms with Gasteiger partial charge in [0.25, 0.3) is 0 Å². The first-order valence-electron chi connectivity index (χ1n) is 6.80.